The van der Waals surface area contributed by atoms with Gasteiger partial charge in [0.25, 0.3) is 5.69 Å². The molecule has 0 saturated carbocycles. The lowest BCUT2D eigenvalue weighted by Crippen LogP contribution is -2.48. The summed E-state index contributed by atoms with van der Waals surface area (Å²) in [6.07, 6.45) is 1.37. The summed E-state index contributed by atoms with van der Waals surface area (Å²) in [7, 11) is 0. The van der Waals surface area contributed by atoms with E-state index in [1.165, 1.54) is 6.07 Å². The average Bonchev–Trinajstić information content (AvgIpc) is 2.67. The van der Waals surface area contributed by atoms with Crippen molar-refractivity contribution in [1.82, 2.24) is 20.4 Å². The number of nitro benzene ring substituents is 1. The third-order valence-corrected chi connectivity index (χ3v) is 4.91. The first-order chi connectivity index (χ1) is 14.6. The first kappa shape index (κ1) is 22.6. The standard InChI is InChI=1S/C22H29N5O4/c1-15-7-8-20(25-24-15)17-10-16(11-19(12-17)27(29)30)13-26-9-5-6-18(14-26)23-21(28)31-22(2,3)4/h7-8,10-12,18H,5-6,9,13-14H2,1-4H3,(H,23,28)/t18-/m0/s1. The quantitative estimate of drug-likeness (QED) is 0.570. The monoisotopic (exact) mass is 427 g/mol. The van der Waals surface area contributed by atoms with Crippen LogP contribution in [0.5, 0.6) is 0 Å². The van der Waals surface area contributed by atoms with Crippen LogP contribution in [0.3, 0.4) is 0 Å². The van der Waals surface area contributed by atoms with Gasteiger partial charge < -0.3 is 10.1 Å². The van der Waals surface area contributed by atoms with Crippen molar-refractivity contribution in [3.8, 4) is 11.3 Å². The predicted octanol–water partition coefficient (Wildman–Crippen LogP) is 3.85. The van der Waals surface area contributed by atoms with E-state index in [4.69, 9.17) is 4.74 Å². The van der Waals surface area contributed by atoms with Gasteiger partial charge in [-0.3, -0.25) is 15.0 Å². The smallest absolute Gasteiger partial charge is 0.407 e. The molecule has 0 bridgehead atoms. The van der Waals surface area contributed by atoms with Gasteiger partial charge in [-0.05, 0) is 70.8 Å². The van der Waals surface area contributed by atoms with Crippen molar-refractivity contribution in [2.75, 3.05) is 13.1 Å². The summed E-state index contributed by atoms with van der Waals surface area (Å²) < 4.78 is 5.35. The molecule has 1 N–H and O–H groups in total. The molecule has 31 heavy (non-hydrogen) atoms. The highest BCUT2D eigenvalue weighted by atomic mass is 16.6. The molecule has 0 unspecified atom stereocenters. The molecule has 9 nitrogen and oxygen atoms in total. The molecular weight excluding hydrogens is 398 g/mol. The van der Waals surface area contributed by atoms with Crippen molar-refractivity contribution < 1.29 is 14.5 Å². The molecule has 1 aromatic heterocycles. The third-order valence-electron chi connectivity index (χ3n) is 4.91. The molecule has 1 saturated heterocycles. The van der Waals surface area contributed by atoms with Gasteiger partial charge in [-0.25, -0.2) is 4.79 Å². The van der Waals surface area contributed by atoms with Gasteiger partial charge in [0.1, 0.15) is 5.60 Å². The molecule has 1 fully saturated rings. The van der Waals surface area contributed by atoms with E-state index >= 15 is 0 Å². The van der Waals surface area contributed by atoms with Gasteiger partial charge >= 0.3 is 6.09 Å². The lowest BCUT2D eigenvalue weighted by molar-refractivity contribution is -0.384. The maximum absolute atomic E-state index is 12.1. The number of carbonyl (C=O) groups excluding carboxylic acids is 1. The zero-order valence-corrected chi connectivity index (χ0v) is 18.4. The van der Waals surface area contributed by atoms with Crippen LogP contribution in [0.2, 0.25) is 0 Å². The van der Waals surface area contributed by atoms with Crippen molar-refractivity contribution in [3.63, 3.8) is 0 Å². The number of nitrogens with one attached hydrogen (secondary N) is 1. The lowest BCUT2D eigenvalue weighted by atomic mass is 10.0. The Morgan fingerprint density at radius 1 is 1.29 bits per heavy atom. The van der Waals surface area contributed by atoms with E-state index in [1.54, 1.807) is 6.07 Å². The minimum atomic E-state index is -0.545. The van der Waals surface area contributed by atoms with E-state index in [2.05, 4.69) is 20.4 Å². The van der Waals surface area contributed by atoms with E-state index in [1.807, 2.05) is 45.9 Å². The zero-order valence-electron chi connectivity index (χ0n) is 18.4. The molecule has 2 heterocycles. The van der Waals surface area contributed by atoms with Crippen LogP contribution in [0.1, 0.15) is 44.9 Å². The number of aryl methyl sites for hydroxylation is 1. The molecule has 9 heteroatoms. The Balaban J connectivity index is 1.73. The van der Waals surface area contributed by atoms with Crippen LogP contribution in [-0.4, -0.2) is 50.8 Å². The van der Waals surface area contributed by atoms with Crippen molar-refractivity contribution >= 4 is 11.8 Å². The minimum absolute atomic E-state index is 0.0234. The summed E-state index contributed by atoms with van der Waals surface area (Å²) in [5, 5.41) is 22.6. The molecule has 0 spiro atoms. The van der Waals surface area contributed by atoms with Gasteiger partial charge in [0.05, 0.1) is 16.3 Å². The van der Waals surface area contributed by atoms with Crippen LogP contribution in [0.25, 0.3) is 11.3 Å². The Bertz CT molecular complexity index is 940. The molecule has 0 radical (unpaired) electrons. The predicted molar refractivity (Wildman–Crippen MR) is 117 cm³/mol. The SMILES string of the molecule is Cc1ccc(-c2cc(CN3CCC[C@H](NC(=O)OC(C)(C)C)C3)cc([N+](=O)[O-])c2)nn1. The van der Waals surface area contributed by atoms with Crippen LogP contribution in [0.4, 0.5) is 10.5 Å². The summed E-state index contributed by atoms with van der Waals surface area (Å²) in [6, 6.07) is 8.65. The van der Waals surface area contributed by atoms with E-state index < -0.39 is 16.6 Å². The van der Waals surface area contributed by atoms with Gasteiger partial charge in [-0.15, -0.1) is 0 Å². The highest BCUT2D eigenvalue weighted by molar-refractivity contribution is 5.68. The number of amides is 1. The van der Waals surface area contributed by atoms with Crippen LogP contribution < -0.4 is 5.32 Å². The second-order valence-electron chi connectivity index (χ2n) is 8.93. The molecule has 1 aromatic carbocycles. The number of piperidine rings is 1. The first-order valence-electron chi connectivity index (χ1n) is 10.4. The Morgan fingerprint density at radius 2 is 2.06 bits per heavy atom. The van der Waals surface area contributed by atoms with Gasteiger partial charge in [0.15, 0.2) is 0 Å². The molecule has 1 amide bonds. The Kier molecular flexibility index (Phi) is 6.84. The molecule has 1 aliphatic rings. The number of rotatable bonds is 5. The maximum atomic E-state index is 12.1. The minimum Gasteiger partial charge on any atom is -0.444 e. The van der Waals surface area contributed by atoms with Crippen LogP contribution in [0, 0.1) is 17.0 Å². The fourth-order valence-corrected chi connectivity index (χ4v) is 3.62. The fourth-order valence-electron chi connectivity index (χ4n) is 3.62. The second-order valence-corrected chi connectivity index (χ2v) is 8.93. The number of non-ortho nitro benzene ring substituents is 1. The number of aromatic nitrogens is 2. The molecule has 2 aromatic rings. The Hall–Kier alpha value is -3.07. The summed E-state index contributed by atoms with van der Waals surface area (Å²) >= 11 is 0. The van der Waals surface area contributed by atoms with Gasteiger partial charge in [0.2, 0.25) is 0 Å². The van der Waals surface area contributed by atoms with Gasteiger partial charge in [0, 0.05) is 36.8 Å². The number of alkyl carbamates (subject to hydrolysis) is 1. The maximum Gasteiger partial charge on any atom is 0.407 e. The van der Waals surface area contributed by atoms with E-state index in [0.717, 1.165) is 30.6 Å². The van der Waals surface area contributed by atoms with Crippen molar-refractivity contribution in [3.05, 3.63) is 51.7 Å². The number of hydrogen-bond acceptors (Lipinski definition) is 7. The zero-order chi connectivity index (χ0) is 22.6. The van der Waals surface area contributed by atoms with Gasteiger partial charge in [-0.2, -0.15) is 10.2 Å². The molecule has 166 valence electrons. The summed E-state index contributed by atoms with van der Waals surface area (Å²) in [6.45, 7) is 9.39. The molecular formula is C22H29N5O4. The van der Waals surface area contributed by atoms with Crippen LogP contribution >= 0.6 is 0 Å². The normalized spacial score (nSPS) is 17.2. The lowest BCUT2D eigenvalue weighted by Gasteiger charge is -2.33. The summed E-state index contributed by atoms with van der Waals surface area (Å²) in [5.74, 6) is 0. The number of ether oxygens (including phenoxy) is 1. The largest absolute Gasteiger partial charge is 0.444 e. The van der Waals surface area contributed by atoms with E-state index in [9.17, 15) is 14.9 Å². The number of nitro groups is 1. The number of nitrogens with zero attached hydrogens (tertiary/aromatic N) is 4. The molecule has 0 aliphatic carbocycles. The first-order valence-corrected chi connectivity index (χ1v) is 10.4. The number of benzene rings is 1. The average molecular weight is 428 g/mol. The van der Waals surface area contributed by atoms with Crippen LogP contribution in [-0.2, 0) is 11.3 Å². The molecule has 1 atom stereocenters. The second kappa shape index (κ2) is 9.38. The van der Waals surface area contributed by atoms with Gasteiger partial charge in [-0.1, -0.05) is 0 Å². The summed E-state index contributed by atoms with van der Waals surface area (Å²) in [5.41, 5.74) is 2.35. The third kappa shape index (κ3) is 6.71. The highest BCUT2D eigenvalue weighted by Crippen LogP contribution is 2.26. The number of hydrogen-bond donors (Lipinski definition) is 1. The Morgan fingerprint density at radius 3 is 2.71 bits per heavy atom. The summed E-state index contributed by atoms with van der Waals surface area (Å²) in [4.78, 5) is 25.4. The van der Waals surface area contributed by atoms with Crippen LogP contribution in [0.15, 0.2) is 30.3 Å². The molecule has 3 rings (SSSR count). The van der Waals surface area contributed by atoms with Crippen molar-refractivity contribution in [2.45, 2.75) is 58.7 Å². The van der Waals surface area contributed by atoms with E-state index in [0.29, 0.717) is 24.3 Å². The fraction of sp³-hybridized carbons (Fsp3) is 0.500. The van der Waals surface area contributed by atoms with Crippen molar-refractivity contribution in [1.29, 1.82) is 0 Å². The number of likely N-dealkylation sites (tertiary alicyclic amines) is 1. The molecule has 1 aliphatic heterocycles. The topological polar surface area (TPSA) is 110 Å². The highest BCUT2D eigenvalue weighted by Gasteiger charge is 2.25. The Labute approximate surface area is 182 Å². The van der Waals surface area contributed by atoms with E-state index in [-0.39, 0.29) is 11.7 Å². The number of carbonyl (C=O) groups is 1. The van der Waals surface area contributed by atoms with Crippen molar-refractivity contribution in [2.24, 2.45) is 0 Å².